The molecule has 0 spiro atoms. The van der Waals surface area contributed by atoms with Crippen LogP contribution in [0.3, 0.4) is 0 Å². The van der Waals surface area contributed by atoms with Gasteiger partial charge in [0.2, 0.25) is 15.9 Å². The molecule has 1 aliphatic rings. The molecule has 2 aromatic rings. The molecule has 0 atom stereocenters. The molecule has 1 saturated heterocycles. The fraction of sp³-hybridized carbons (Fsp3) is 0.381. The molecule has 1 aliphatic heterocycles. The van der Waals surface area contributed by atoms with Gasteiger partial charge in [0, 0.05) is 38.7 Å². The van der Waals surface area contributed by atoms with Crippen molar-refractivity contribution in [3.63, 3.8) is 0 Å². The number of methoxy groups -OCH3 is 2. The Kier molecular flexibility index (Phi) is 7.69. The van der Waals surface area contributed by atoms with E-state index in [9.17, 15) is 13.2 Å². The van der Waals surface area contributed by atoms with E-state index in [1.807, 2.05) is 6.07 Å². The van der Waals surface area contributed by atoms with Crippen LogP contribution in [-0.4, -0.2) is 63.9 Å². The van der Waals surface area contributed by atoms with Crippen LogP contribution in [-0.2, 0) is 21.2 Å². The fourth-order valence-electron chi connectivity index (χ4n) is 3.45. The van der Waals surface area contributed by atoms with Crippen LogP contribution in [0.1, 0.15) is 12.0 Å². The van der Waals surface area contributed by atoms with Crippen LogP contribution in [0.15, 0.2) is 41.3 Å². The average molecular weight is 487 g/mol. The minimum absolute atomic E-state index is 0.0424. The monoisotopic (exact) mass is 486 g/mol. The highest BCUT2D eigenvalue weighted by Gasteiger charge is 2.30. The topological polar surface area (TPSA) is 76.2 Å². The van der Waals surface area contributed by atoms with Gasteiger partial charge >= 0.3 is 0 Å². The third-order valence-electron chi connectivity index (χ3n) is 5.22. The van der Waals surface area contributed by atoms with E-state index in [1.54, 1.807) is 23.1 Å². The highest BCUT2D eigenvalue weighted by molar-refractivity contribution is 7.89. The lowest BCUT2D eigenvalue weighted by atomic mass is 10.1. The summed E-state index contributed by atoms with van der Waals surface area (Å²) in [6.07, 6.45) is 0.755. The largest absolute Gasteiger partial charge is 0.493 e. The van der Waals surface area contributed by atoms with Gasteiger partial charge < -0.3 is 14.4 Å². The lowest BCUT2D eigenvalue weighted by molar-refractivity contribution is -0.132. The van der Waals surface area contributed by atoms with Crippen molar-refractivity contribution in [1.29, 1.82) is 0 Å². The van der Waals surface area contributed by atoms with E-state index >= 15 is 0 Å². The lowest BCUT2D eigenvalue weighted by Gasteiger charge is -2.34. The zero-order valence-corrected chi connectivity index (χ0v) is 19.6. The Bertz CT molecular complexity index is 1050. The van der Waals surface area contributed by atoms with Crippen LogP contribution in [0.4, 0.5) is 0 Å². The van der Waals surface area contributed by atoms with Crippen molar-refractivity contribution in [2.24, 2.45) is 0 Å². The van der Waals surface area contributed by atoms with Gasteiger partial charge in [-0.1, -0.05) is 35.3 Å². The van der Waals surface area contributed by atoms with Crippen LogP contribution in [0, 0.1) is 0 Å². The first-order valence-electron chi connectivity index (χ1n) is 9.70. The highest BCUT2D eigenvalue weighted by Crippen LogP contribution is 2.31. The predicted molar refractivity (Wildman–Crippen MR) is 120 cm³/mol. The number of benzene rings is 2. The molecule has 0 N–H and O–H groups in total. The third-order valence-corrected chi connectivity index (χ3v) is 7.98. The normalized spacial score (nSPS) is 15.0. The standard InChI is InChI=1S/C21H24Cl2N2O5S/c1-29-18-8-7-16(14-19(18)30-2)31(27,28)25-12-10-24(11-13-25)20(26)9-6-15-4-3-5-17(22)21(15)23/h3-5,7-8,14H,6,9-13H2,1-2H3. The predicted octanol–water partition coefficient (Wildman–Crippen LogP) is 3.48. The van der Waals surface area contributed by atoms with Crippen LogP contribution in [0.5, 0.6) is 11.5 Å². The Hall–Kier alpha value is -2.00. The molecule has 0 unspecified atom stereocenters. The summed E-state index contributed by atoms with van der Waals surface area (Å²) in [4.78, 5) is 14.4. The van der Waals surface area contributed by atoms with Crippen molar-refractivity contribution in [3.05, 3.63) is 52.0 Å². The van der Waals surface area contributed by atoms with Gasteiger partial charge in [-0.25, -0.2) is 8.42 Å². The Labute approximate surface area is 192 Å². The molecule has 0 saturated carbocycles. The SMILES string of the molecule is COc1ccc(S(=O)(=O)N2CCN(C(=O)CCc3cccc(Cl)c3Cl)CC2)cc1OC. The molecular formula is C21H24Cl2N2O5S. The van der Waals surface area contributed by atoms with E-state index < -0.39 is 10.0 Å². The Balaban J connectivity index is 1.60. The van der Waals surface area contributed by atoms with Gasteiger partial charge in [-0.2, -0.15) is 4.31 Å². The van der Waals surface area contributed by atoms with Crippen molar-refractivity contribution in [3.8, 4) is 11.5 Å². The molecule has 1 heterocycles. The number of ether oxygens (including phenoxy) is 2. The van der Waals surface area contributed by atoms with E-state index in [4.69, 9.17) is 32.7 Å². The van der Waals surface area contributed by atoms with Gasteiger partial charge in [-0.3, -0.25) is 4.79 Å². The first kappa shape index (κ1) is 23.7. The van der Waals surface area contributed by atoms with Gasteiger partial charge in [0.15, 0.2) is 11.5 Å². The van der Waals surface area contributed by atoms with Crippen LogP contribution in [0.25, 0.3) is 0 Å². The number of sulfonamides is 1. The first-order chi connectivity index (χ1) is 14.8. The number of piperazine rings is 1. The second kappa shape index (κ2) is 10.1. The summed E-state index contributed by atoms with van der Waals surface area (Å²) in [5.41, 5.74) is 0.817. The number of carbonyl (C=O) groups excluding carboxylic acids is 1. The first-order valence-corrected chi connectivity index (χ1v) is 11.9. The minimum Gasteiger partial charge on any atom is -0.493 e. The van der Waals surface area contributed by atoms with E-state index in [-0.39, 0.29) is 30.3 Å². The second-order valence-corrected chi connectivity index (χ2v) is 9.74. The van der Waals surface area contributed by atoms with Crippen molar-refractivity contribution >= 4 is 39.1 Å². The van der Waals surface area contributed by atoms with Gasteiger partial charge in [0.1, 0.15) is 0 Å². The van der Waals surface area contributed by atoms with Crippen molar-refractivity contribution in [1.82, 2.24) is 9.21 Å². The maximum Gasteiger partial charge on any atom is 0.243 e. The smallest absolute Gasteiger partial charge is 0.243 e. The summed E-state index contributed by atoms with van der Waals surface area (Å²) in [7, 11) is -0.764. The zero-order chi connectivity index (χ0) is 22.6. The molecule has 2 aromatic carbocycles. The molecule has 3 rings (SSSR count). The van der Waals surface area contributed by atoms with Gasteiger partial charge in [-0.15, -0.1) is 0 Å². The van der Waals surface area contributed by atoms with Crippen molar-refractivity contribution in [2.75, 3.05) is 40.4 Å². The maximum atomic E-state index is 13.0. The molecule has 0 radical (unpaired) electrons. The number of rotatable bonds is 7. The summed E-state index contributed by atoms with van der Waals surface area (Å²) in [6.45, 7) is 1.10. The number of amides is 1. The molecule has 0 aliphatic carbocycles. The van der Waals surface area contributed by atoms with E-state index in [1.165, 1.54) is 30.7 Å². The molecule has 31 heavy (non-hydrogen) atoms. The van der Waals surface area contributed by atoms with E-state index in [2.05, 4.69) is 0 Å². The summed E-state index contributed by atoms with van der Waals surface area (Å²) >= 11 is 12.2. The molecule has 0 bridgehead atoms. The molecule has 1 fully saturated rings. The summed E-state index contributed by atoms with van der Waals surface area (Å²) in [5, 5.41) is 0.920. The number of halogens is 2. The average Bonchev–Trinajstić information content (AvgIpc) is 2.79. The molecule has 168 valence electrons. The third kappa shape index (κ3) is 5.26. The number of hydrogen-bond donors (Lipinski definition) is 0. The number of hydrogen-bond acceptors (Lipinski definition) is 5. The number of aryl methyl sites for hydroxylation is 1. The summed E-state index contributed by atoms with van der Waals surface area (Å²) < 4.78 is 37.8. The van der Waals surface area contributed by atoms with Gasteiger partial charge in [0.25, 0.3) is 0 Å². The molecule has 7 nitrogen and oxygen atoms in total. The lowest BCUT2D eigenvalue weighted by Crippen LogP contribution is -2.50. The maximum absolute atomic E-state index is 13.0. The van der Waals surface area contributed by atoms with Crippen LogP contribution < -0.4 is 9.47 Å². The minimum atomic E-state index is -3.71. The van der Waals surface area contributed by atoms with Crippen molar-refractivity contribution in [2.45, 2.75) is 17.7 Å². The summed E-state index contributed by atoms with van der Waals surface area (Å²) in [6, 6.07) is 9.84. The van der Waals surface area contributed by atoms with Crippen LogP contribution >= 0.6 is 23.2 Å². The molecule has 10 heteroatoms. The quantitative estimate of drug-likeness (QED) is 0.598. The fourth-order valence-corrected chi connectivity index (χ4v) is 5.30. The van der Waals surface area contributed by atoms with Gasteiger partial charge in [0.05, 0.1) is 29.2 Å². The molecular weight excluding hydrogens is 463 g/mol. The van der Waals surface area contributed by atoms with E-state index in [0.717, 1.165) is 5.56 Å². The number of nitrogens with zero attached hydrogens (tertiary/aromatic N) is 2. The Morgan fingerprint density at radius 2 is 1.68 bits per heavy atom. The van der Waals surface area contributed by atoms with Crippen LogP contribution in [0.2, 0.25) is 10.0 Å². The second-order valence-electron chi connectivity index (χ2n) is 7.01. The molecule has 1 amide bonds. The Morgan fingerprint density at radius 1 is 1.00 bits per heavy atom. The molecule has 0 aromatic heterocycles. The zero-order valence-electron chi connectivity index (χ0n) is 17.3. The Morgan fingerprint density at radius 3 is 2.32 bits per heavy atom. The van der Waals surface area contributed by atoms with Gasteiger partial charge in [-0.05, 0) is 30.2 Å². The van der Waals surface area contributed by atoms with Crippen molar-refractivity contribution < 1.29 is 22.7 Å². The summed E-state index contributed by atoms with van der Waals surface area (Å²) in [5.74, 6) is 0.757. The number of carbonyl (C=O) groups is 1. The van der Waals surface area contributed by atoms with E-state index in [0.29, 0.717) is 41.1 Å². The highest BCUT2D eigenvalue weighted by atomic mass is 35.5.